The van der Waals surface area contributed by atoms with Gasteiger partial charge >= 0.3 is 280 Å². The molecule has 0 nitrogen and oxygen atoms in total. The van der Waals surface area contributed by atoms with Crippen molar-refractivity contribution in [3.63, 3.8) is 0 Å². The number of allylic oxidation sites excluding steroid dienone is 4. The zero-order valence-electron chi connectivity index (χ0n) is 30.2. The molecular formula is C43H60Cl2Zr. The number of benzene rings is 2. The smallest absolute Gasteiger partial charge is 1.00 e. The van der Waals surface area contributed by atoms with Gasteiger partial charge in [-0.05, 0) is 0 Å². The SMILES string of the molecule is CC([C](C(C)C1CCCCC1)=[Zr+2]([C]1=CC=CC1)[c]1cc(C(C)(C)C)cc2c1Cc1ccc(C(C)(C)C)cc1-2)C1CCCCC1.[Cl-].[Cl-]. The summed E-state index contributed by atoms with van der Waals surface area (Å²) in [7, 11) is 0. The Kier molecular flexibility index (Phi) is 12.8. The Labute approximate surface area is 302 Å². The predicted molar refractivity (Wildman–Crippen MR) is 190 cm³/mol. The third-order valence-electron chi connectivity index (χ3n) is 12.1. The van der Waals surface area contributed by atoms with Crippen molar-refractivity contribution in [2.75, 3.05) is 0 Å². The normalized spacial score (nSPS) is 19.6. The molecule has 0 amide bonds. The van der Waals surface area contributed by atoms with E-state index in [4.69, 9.17) is 0 Å². The van der Waals surface area contributed by atoms with E-state index in [1.54, 1.807) is 22.3 Å². The van der Waals surface area contributed by atoms with E-state index >= 15 is 0 Å². The first-order valence-corrected chi connectivity index (χ1v) is 22.0. The average molecular weight is 739 g/mol. The van der Waals surface area contributed by atoms with Crippen LogP contribution in [0.2, 0.25) is 0 Å². The Bertz CT molecular complexity index is 1440. The van der Waals surface area contributed by atoms with Crippen LogP contribution in [0.25, 0.3) is 11.1 Å². The molecule has 2 unspecified atom stereocenters. The van der Waals surface area contributed by atoms with Gasteiger partial charge in [0.15, 0.2) is 0 Å². The van der Waals surface area contributed by atoms with E-state index < -0.39 is 21.3 Å². The molecule has 4 aliphatic carbocycles. The van der Waals surface area contributed by atoms with Gasteiger partial charge in [0, 0.05) is 0 Å². The van der Waals surface area contributed by atoms with Crippen molar-refractivity contribution in [1.82, 2.24) is 0 Å². The minimum Gasteiger partial charge on any atom is -1.00 e. The Morgan fingerprint density at radius 3 is 1.74 bits per heavy atom. The fourth-order valence-electron chi connectivity index (χ4n) is 9.19. The van der Waals surface area contributed by atoms with Gasteiger partial charge in [-0.1, -0.05) is 0 Å². The minimum atomic E-state index is -2.48. The number of hydrogen-bond donors (Lipinski definition) is 0. The third kappa shape index (κ3) is 7.84. The van der Waals surface area contributed by atoms with Gasteiger partial charge in [-0.25, -0.2) is 0 Å². The molecule has 0 saturated heterocycles. The van der Waals surface area contributed by atoms with Crippen molar-refractivity contribution in [2.24, 2.45) is 23.7 Å². The second kappa shape index (κ2) is 15.4. The summed E-state index contributed by atoms with van der Waals surface area (Å²) in [6.45, 7) is 19.9. The van der Waals surface area contributed by atoms with Crippen molar-refractivity contribution in [3.8, 4) is 11.1 Å². The summed E-state index contributed by atoms with van der Waals surface area (Å²) in [4.78, 5) is 0. The largest absolute Gasteiger partial charge is 1.00 e. The Hall–Kier alpha value is -0.747. The second-order valence-corrected chi connectivity index (χ2v) is 23.3. The Balaban J connectivity index is 0.00000240. The molecule has 2 saturated carbocycles. The summed E-state index contributed by atoms with van der Waals surface area (Å²) in [6.07, 6.45) is 24.3. The summed E-state index contributed by atoms with van der Waals surface area (Å²) in [6, 6.07) is 12.9. The summed E-state index contributed by atoms with van der Waals surface area (Å²) in [5.74, 6) is 3.29. The van der Waals surface area contributed by atoms with Crippen molar-refractivity contribution < 1.29 is 46.1 Å². The minimum absolute atomic E-state index is 0. The van der Waals surface area contributed by atoms with Crippen LogP contribution in [0.4, 0.5) is 0 Å². The quantitative estimate of drug-likeness (QED) is 0.312. The van der Waals surface area contributed by atoms with Gasteiger partial charge in [0.05, 0.1) is 0 Å². The average Bonchev–Trinajstić information content (AvgIpc) is 3.67. The van der Waals surface area contributed by atoms with Gasteiger partial charge in [0.2, 0.25) is 0 Å². The molecule has 6 rings (SSSR count). The molecule has 250 valence electrons. The molecule has 2 aromatic rings. The van der Waals surface area contributed by atoms with Crippen molar-refractivity contribution in [1.29, 1.82) is 0 Å². The van der Waals surface area contributed by atoms with Crippen LogP contribution in [0.15, 0.2) is 51.8 Å². The zero-order chi connectivity index (χ0) is 31.2. The molecule has 0 bridgehead atoms. The molecule has 2 fully saturated rings. The standard InChI is InChI=1S/C21H25.C17H30.C5H5.2ClH.Zr/c1-20(2,3)16-9-7-14-11-15-8-10-17(21(4,5)6)13-19(15)18(14)12-16;1-14(16-9-5-3-6-10-16)13-15(2)17-11-7-4-8-12-17;1-2-4-5-3-1;;;/h7,9-10,12-13H,11H2,1-6H3;14-17H,3-12H2,1-2H3;1-3H,4H2;2*1H;/q;;;;;+2/p-2. The van der Waals surface area contributed by atoms with Crippen LogP contribution >= 0.6 is 0 Å². The van der Waals surface area contributed by atoms with Gasteiger partial charge in [0.25, 0.3) is 0 Å². The van der Waals surface area contributed by atoms with Gasteiger partial charge in [-0.2, -0.15) is 0 Å². The molecule has 2 atom stereocenters. The molecule has 0 aliphatic heterocycles. The number of rotatable bonds is 6. The van der Waals surface area contributed by atoms with Gasteiger partial charge in [0.1, 0.15) is 0 Å². The molecular weight excluding hydrogens is 679 g/mol. The maximum atomic E-state index is 2.78. The predicted octanol–water partition coefficient (Wildman–Crippen LogP) is 5.55. The molecule has 2 aromatic carbocycles. The second-order valence-electron chi connectivity index (χ2n) is 17.1. The van der Waals surface area contributed by atoms with Gasteiger partial charge in [-0.3, -0.25) is 0 Å². The summed E-state index contributed by atoms with van der Waals surface area (Å²) in [5, 5.41) is 0. The molecule has 0 N–H and O–H groups in total. The van der Waals surface area contributed by atoms with Gasteiger partial charge < -0.3 is 24.8 Å². The monoisotopic (exact) mass is 736 g/mol. The molecule has 0 heterocycles. The van der Waals surface area contributed by atoms with E-state index in [-0.39, 0.29) is 35.6 Å². The molecule has 46 heavy (non-hydrogen) atoms. The molecule has 0 radical (unpaired) electrons. The summed E-state index contributed by atoms with van der Waals surface area (Å²) < 4.78 is 5.80. The van der Waals surface area contributed by atoms with Gasteiger partial charge in [-0.15, -0.1) is 0 Å². The third-order valence-corrected chi connectivity index (χ3v) is 20.7. The van der Waals surface area contributed by atoms with Crippen LogP contribution in [0.1, 0.15) is 148 Å². The van der Waals surface area contributed by atoms with Crippen LogP contribution in [0.5, 0.6) is 0 Å². The van der Waals surface area contributed by atoms with E-state index in [0.717, 1.165) is 30.1 Å². The van der Waals surface area contributed by atoms with E-state index in [9.17, 15) is 0 Å². The van der Waals surface area contributed by atoms with Crippen LogP contribution in [-0.4, -0.2) is 3.21 Å². The number of halogens is 2. The Morgan fingerprint density at radius 2 is 1.24 bits per heavy atom. The first kappa shape index (κ1) is 38.1. The Morgan fingerprint density at radius 1 is 0.696 bits per heavy atom. The van der Waals surface area contributed by atoms with Crippen molar-refractivity contribution >= 4 is 6.48 Å². The topological polar surface area (TPSA) is 0 Å². The van der Waals surface area contributed by atoms with E-state index in [1.807, 2.05) is 6.55 Å². The van der Waals surface area contributed by atoms with E-state index in [0.29, 0.717) is 0 Å². The summed E-state index contributed by atoms with van der Waals surface area (Å²) in [5.41, 5.74) is 9.70. The van der Waals surface area contributed by atoms with Crippen LogP contribution < -0.4 is 28.1 Å². The van der Waals surface area contributed by atoms with Crippen LogP contribution in [0.3, 0.4) is 0 Å². The van der Waals surface area contributed by atoms with E-state index in [2.05, 4.69) is 107 Å². The fourth-order valence-corrected chi connectivity index (χ4v) is 18.6. The van der Waals surface area contributed by atoms with Crippen molar-refractivity contribution in [3.05, 3.63) is 74.1 Å². The maximum absolute atomic E-state index is 2.78. The zero-order valence-corrected chi connectivity index (χ0v) is 34.1. The maximum Gasteiger partial charge on any atom is -1.00 e. The number of fused-ring (bicyclic) bond motifs is 3. The first-order valence-electron chi connectivity index (χ1n) is 18.3. The fraction of sp³-hybridized carbons (Fsp3) is 0.605. The molecule has 0 aromatic heterocycles. The molecule has 0 spiro atoms. The van der Waals surface area contributed by atoms with Crippen LogP contribution in [0, 0.1) is 23.7 Å². The molecule has 4 aliphatic rings. The molecule has 3 heteroatoms. The van der Waals surface area contributed by atoms with Crippen molar-refractivity contribution in [2.45, 2.75) is 143 Å². The first-order chi connectivity index (χ1) is 20.9. The van der Waals surface area contributed by atoms with Crippen LogP contribution in [-0.2, 0) is 38.5 Å². The van der Waals surface area contributed by atoms with E-state index in [1.165, 1.54) is 81.8 Å². The number of hydrogen-bond acceptors (Lipinski definition) is 0. The summed E-state index contributed by atoms with van der Waals surface area (Å²) >= 11 is -2.48.